The van der Waals surface area contributed by atoms with Crippen molar-refractivity contribution in [2.75, 3.05) is 0 Å². The van der Waals surface area contributed by atoms with Crippen molar-refractivity contribution in [1.29, 1.82) is 0 Å². The first-order valence-electron chi connectivity index (χ1n) is 25.7. The quantitative estimate of drug-likeness (QED) is 0.113. The Morgan fingerprint density at radius 3 is 2.03 bits per heavy atom. The summed E-state index contributed by atoms with van der Waals surface area (Å²) in [5.74, 6) is 1.93. The molecule has 10 aromatic rings. The second-order valence-corrected chi connectivity index (χ2v) is 17.8. The Kier molecular flexibility index (Phi) is 7.20. The van der Waals surface area contributed by atoms with Gasteiger partial charge in [-0.2, -0.15) is 0 Å². The number of hydrogen-bond donors (Lipinski definition) is 0. The summed E-state index contributed by atoms with van der Waals surface area (Å²) >= 11 is 0. The molecule has 5 nitrogen and oxygen atoms in total. The second kappa shape index (κ2) is 15.3. The third-order valence-electron chi connectivity index (χ3n) is 11.1. The zero-order valence-electron chi connectivity index (χ0n) is 45.5. The molecule has 7 aromatic carbocycles. The fourth-order valence-corrected chi connectivity index (χ4v) is 8.28. The van der Waals surface area contributed by atoms with E-state index in [1.54, 1.807) is 27.3 Å². The SMILES string of the molecule is [2H]c1c([2H])c([2H])c(-c2cccc(-c3c([2H])c([2H])c([2H])c([2H])c3[2H])c2-[n+]2[c-]n(-c3cccc(Oc4ccc5c6cc(C(C)(C)C)ccc6n(-c6cc(CC(C)(C)C)ccn6)c5c4)c3)c3ccccc32)c([2H])c1[2H]. The molecule has 3 aromatic heterocycles. The van der Waals surface area contributed by atoms with Gasteiger partial charge < -0.3 is 4.74 Å². The summed E-state index contributed by atoms with van der Waals surface area (Å²) in [7, 11) is 0. The lowest BCUT2D eigenvalue weighted by atomic mass is 9.86. The topological polar surface area (TPSA) is 35.9 Å². The monoisotopic (exact) mass is 816 g/mol. The third kappa shape index (κ3) is 7.34. The van der Waals surface area contributed by atoms with E-state index in [2.05, 4.69) is 88.8 Å². The summed E-state index contributed by atoms with van der Waals surface area (Å²) in [6, 6.07) is 31.5. The molecule has 62 heavy (non-hydrogen) atoms. The molecular weight excluding hydrogens is 757 g/mol. The Labute approximate surface area is 378 Å². The van der Waals surface area contributed by atoms with Crippen LogP contribution in [-0.2, 0) is 11.8 Å². The van der Waals surface area contributed by atoms with E-state index in [4.69, 9.17) is 23.4 Å². The number of pyridine rings is 1. The molecular formula is C57H50N4O. The summed E-state index contributed by atoms with van der Waals surface area (Å²) in [4.78, 5) is 4.90. The molecule has 3 heterocycles. The van der Waals surface area contributed by atoms with Crippen molar-refractivity contribution in [3.05, 3.63) is 199 Å². The van der Waals surface area contributed by atoms with Crippen molar-refractivity contribution in [3.8, 4) is 50.9 Å². The van der Waals surface area contributed by atoms with Gasteiger partial charge in [-0.25, -0.2) is 4.98 Å². The van der Waals surface area contributed by atoms with Gasteiger partial charge in [0.1, 0.15) is 17.3 Å². The molecule has 0 unspecified atom stereocenters. The Morgan fingerprint density at radius 2 is 1.32 bits per heavy atom. The number of aromatic nitrogens is 4. The number of benzene rings is 7. The van der Waals surface area contributed by atoms with E-state index in [1.807, 2.05) is 66.9 Å². The van der Waals surface area contributed by atoms with Crippen LogP contribution in [-0.4, -0.2) is 14.1 Å². The maximum absolute atomic E-state index is 9.03. The smallest absolute Gasteiger partial charge is 0.269 e. The minimum Gasteiger partial charge on any atom is -0.458 e. The summed E-state index contributed by atoms with van der Waals surface area (Å²) in [6.45, 7) is 13.3. The lowest BCUT2D eigenvalue weighted by molar-refractivity contribution is -0.571. The molecule has 0 saturated heterocycles. The molecule has 0 atom stereocenters. The predicted molar refractivity (Wildman–Crippen MR) is 255 cm³/mol. The fourth-order valence-electron chi connectivity index (χ4n) is 8.28. The molecule has 5 heteroatoms. The zero-order valence-corrected chi connectivity index (χ0v) is 35.5. The highest BCUT2D eigenvalue weighted by molar-refractivity contribution is 6.09. The minimum absolute atomic E-state index is 0.0658. The van der Waals surface area contributed by atoms with Gasteiger partial charge in [0.15, 0.2) is 0 Å². The van der Waals surface area contributed by atoms with Crippen molar-refractivity contribution < 1.29 is 23.0 Å². The largest absolute Gasteiger partial charge is 0.458 e. The number of para-hydroxylation sites is 3. The van der Waals surface area contributed by atoms with Gasteiger partial charge in [-0.3, -0.25) is 13.7 Å². The predicted octanol–water partition coefficient (Wildman–Crippen LogP) is 14.2. The Balaban J connectivity index is 1.14. The van der Waals surface area contributed by atoms with Crippen molar-refractivity contribution in [2.24, 2.45) is 5.41 Å². The molecule has 0 aliphatic rings. The van der Waals surface area contributed by atoms with Crippen molar-refractivity contribution >= 4 is 32.8 Å². The Hall–Kier alpha value is -7.24. The van der Waals surface area contributed by atoms with E-state index in [0.29, 0.717) is 28.2 Å². The van der Waals surface area contributed by atoms with Crippen LogP contribution in [0.1, 0.15) is 66.4 Å². The molecule has 0 spiro atoms. The first-order chi connectivity index (χ1) is 34.1. The normalized spacial score (nSPS) is 14.4. The van der Waals surface area contributed by atoms with E-state index < -0.39 is 60.4 Å². The van der Waals surface area contributed by atoms with Crippen LogP contribution in [0.4, 0.5) is 0 Å². The number of rotatable bonds is 8. The van der Waals surface area contributed by atoms with Gasteiger partial charge in [-0.05, 0) is 105 Å². The van der Waals surface area contributed by atoms with Crippen LogP contribution >= 0.6 is 0 Å². The summed E-state index contributed by atoms with van der Waals surface area (Å²) in [6.07, 6.45) is 6.21. The molecule has 304 valence electrons. The second-order valence-electron chi connectivity index (χ2n) is 17.8. The summed E-state index contributed by atoms with van der Waals surface area (Å²) in [5, 5.41) is 2.17. The Bertz CT molecular complexity index is 3720. The van der Waals surface area contributed by atoms with Crippen LogP contribution in [0.5, 0.6) is 11.5 Å². The first kappa shape index (κ1) is 29.1. The maximum Gasteiger partial charge on any atom is 0.269 e. The molecule has 0 aliphatic carbocycles. The van der Waals surface area contributed by atoms with Crippen LogP contribution in [0.2, 0.25) is 0 Å². The number of fused-ring (bicyclic) bond motifs is 4. The van der Waals surface area contributed by atoms with E-state index >= 15 is 0 Å². The minimum atomic E-state index is -0.564. The molecule has 0 aliphatic heterocycles. The molecule has 0 radical (unpaired) electrons. The maximum atomic E-state index is 9.03. The highest BCUT2D eigenvalue weighted by Crippen LogP contribution is 2.39. The van der Waals surface area contributed by atoms with Gasteiger partial charge in [0, 0.05) is 23.0 Å². The number of ether oxygens (including phenoxy) is 1. The zero-order chi connectivity index (χ0) is 51.3. The highest BCUT2D eigenvalue weighted by Gasteiger charge is 2.22. The van der Waals surface area contributed by atoms with Crippen molar-refractivity contribution in [1.82, 2.24) is 14.1 Å². The number of hydrogen-bond acceptors (Lipinski definition) is 2. The van der Waals surface area contributed by atoms with Gasteiger partial charge >= 0.3 is 0 Å². The van der Waals surface area contributed by atoms with Crippen LogP contribution in [0.15, 0.2) is 182 Å². The number of nitrogens with zero attached hydrogens (tertiary/aromatic N) is 4. The van der Waals surface area contributed by atoms with Crippen molar-refractivity contribution in [2.45, 2.75) is 53.4 Å². The average molecular weight is 817 g/mol. The van der Waals surface area contributed by atoms with Gasteiger partial charge in [0.05, 0.1) is 47.1 Å². The van der Waals surface area contributed by atoms with Gasteiger partial charge in [-0.1, -0.05) is 157 Å². The van der Waals surface area contributed by atoms with Crippen molar-refractivity contribution in [3.63, 3.8) is 0 Å². The lowest BCUT2D eigenvalue weighted by Crippen LogP contribution is -2.31. The van der Waals surface area contributed by atoms with Crippen LogP contribution in [0.25, 0.3) is 72.3 Å². The summed E-state index contributed by atoms with van der Waals surface area (Å²) < 4.78 is 99.5. The van der Waals surface area contributed by atoms with Gasteiger partial charge in [0.25, 0.3) is 6.33 Å². The molecule has 10 rings (SSSR count). The molecule has 0 saturated carbocycles. The third-order valence-corrected chi connectivity index (χ3v) is 11.1. The van der Waals surface area contributed by atoms with Crippen LogP contribution in [0.3, 0.4) is 0 Å². The van der Waals surface area contributed by atoms with E-state index in [9.17, 15) is 0 Å². The first-order valence-corrected chi connectivity index (χ1v) is 20.7. The van der Waals surface area contributed by atoms with Crippen LogP contribution in [0, 0.1) is 11.7 Å². The van der Waals surface area contributed by atoms with Gasteiger partial charge in [-0.15, -0.1) is 0 Å². The Morgan fingerprint density at radius 1 is 0.629 bits per heavy atom. The van der Waals surface area contributed by atoms with Crippen LogP contribution < -0.4 is 9.30 Å². The number of imidazole rings is 1. The molecule has 0 amide bonds. The van der Waals surface area contributed by atoms with E-state index in [-0.39, 0.29) is 38.8 Å². The molecule has 0 fully saturated rings. The molecule has 0 bridgehead atoms. The van der Waals surface area contributed by atoms with E-state index in [1.165, 1.54) is 11.1 Å². The van der Waals surface area contributed by atoms with E-state index in [0.717, 1.165) is 34.0 Å². The highest BCUT2D eigenvalue weighted by atomic mass is 16.5. The molecule has 0 N–H and O–H groups in total. The lowest BCUT2D eigenvalue weighted by Gasteiger charge is -2.19. The standard InChI is InChI=1S/C57H50N4O/c1-56(2,3)37-39-31-32-58-54(33-39)61-50-30-27-42(57(4,5)6)34-49(50)48-29-28-45(36-53(48)61)62-44-22-15-21-43(35-44)59-38-60(52-26-14-13-25-51(52)59)55-46(40-17-9-7-10-18-40)23-16-24-47(55)41-19-11-8-12-20-41/h7-36H,37H2,1-6H3/i7D,8D,9D,10D,11D,12D,17D,18D,19D,20D. The van der Waals surface area contributed by atoms with Gasteiger partial charge in [0.2, 0.25) is 0 Å². The fraction of sp³-hybridized carbons (Fsp3) is 0.158. The average Bonchev–Trinajstić information content (AvgIpc) is 3.89. The summed E-state index contributed by atoms with van der Waals surface area (Å²) in [5.41, 5.74) is 6.50.